The zero-order chi connectivity index (χ0) is 19.1. The third-order valence-electron chi connectivity index (χ3n) is 4.24. The number of carbonyl (C=O) groups is 1. The van der Waals surface area contributed by atoms with E-state index in [-0.39, 0.29) is 19.2 Å². The van der Waals surface area contributed by atoms with E-state index in [4.69, 9.17) is 18.9 Å². The number of methoxy groups -OCH3 is 2. The van der Waals surface area contributed by atoms with Gasteiger partial charge in [-0.2, -0.15) is 0 Å². The standard InChI is InChI=1S/C20H24N2O5/c1-24-16-5-3-14(9-18(16)25-2)7-8-22-20(23)12-21-11-15-4-6-17-19(10-15)27-13-26-17/h3-6,9-10,21H,7-8,11-13H2,1-2H3,(H,22,23). The Morgan fingerprint density at radius 1 is 1.00 bits per heavy atom. The molecule has 2 N–H and O–H groups in total. The van der Waals surface area contributed by atoms with Gasteiger partial charge in [0.2, 0.25) is 12.7 Å². The van der Waals surface area contributed by atoms with Crippen LogP contribution in [-0.4, -0.2) is 40.0 Å². The highest BCUT2D eigenvalue weighted by atomic mass is 16.7. The molecule has 0 atom stereocenters. The molecule has 0 radical (unpaired) electrons. The third kappa shape index (κ3) is 5.04. The van der Waals surface area contributed by atoms with Crippen molar-refractivity contribution in [3.8, 4) is 23.0 Å². The van der Waals surface area contributed by atoms with E-state index in [0.29, 0.717) is 31.0 Å². The van der Waals surface area contributed by atoms with Gasteiger partial charge in [-0.05, 0) is 41.8 Å². The first-order valence-electron chi connectivity index (χ1n) is 8.76. The molecule has 0 aromatic heterocycles. The summed E-state index contributed by atoms with van der Waals surface area (Å²) >= 11 is 0. The number of carbonyl (C=O) groups excluding carboxylic acids is 1. The van der Waals surface area contributed by atoms with Gasteiger partial charge < -0.3 is 29.6 Å². The molecule has 0 fully saturated rings. The summed E-state index contributed by atoms with van der Waals surface area (Å²) in [7, 11) is 3.21. The number of hydrogen-bond acceptors (Lipinski definition) is 6. The molecule has 1 aliphatic rings. The smallest absolute Gasteiger partial charge is 0.233 e. The Kier molecular flexibility index (Phi) is 6.38. The van der Waals surface area contributed by atoms with Gasteiger partial charge in [-0.1, -0.05) is 12.1 Å². The Labute approximate surface area is 158 Å². The molecular weight excluding hydrogens is 348 g/mol. The predicted octanol–water partition coefficient (Wildman–Crippen LogP) is 1.88. The normalized spacial score (nSPS) is 11.9. The molecule has 144 valence electrons. The minimum Gasteiger partial charge on any atom is -0.493 e. The molecule has 1 amide bonds. The van der Waals surface area contributed by atoms with E-state index >= 15 is 0 Å². The van der Waals surface area contributed by atoms with Crippen LogP contribution < -0.4 is 29.6 Å². The van der Waals surface area contributed by atoms with Crippen LogP contribution in [0.4, 0.5) is 0 Å². The van der Waals surface area contributed by atoms with Gasteiger partial charge in [0, 0.05) is 13.1 Å². The maximum atomic E-state index is 12.0. The summed E-state index contributed by atoms with van der Waals surface area (Å²) in [6.07, 6.45) is 0.717. The van der Waals surface area contributed by atoms with Crippen molar-refractivity contribution in [1.82, 2.24) is 10.6 Å². The minimum atomic E-state index is -0.0452. The van der Waals surface area contributed by atoms with E-state index in [2.05, 4.69) is 10.6 Å². The van der Waals surface area contributed by atoms with Gasteiger partial charge >= 0.3 is 0 Å². The van der Waals surface area contributed by atoms with Crippen LogP contribution in [0.5, 0.6) is 23.0 Å². The van der Waals surface area contributed by atoms with Gasteiger partial charge in [0.15, 0.2) is 23.0 Å². The van der Waals surface area contributed by atoms with Crippen molar-refractivity contribution in [3.63, 3.8) is 0 Å². The van der Waals surface area contributed by atoms with Crippen molar-refractivity contribution >= 4 is 5.91 Å². The van der Waals surface area contributed by atoms with Crippen LogP contribution in [0, 0.1) is 0 Å². The van der Waals surface area contributed by atoms with E-state index in [9.17, 15) is 4.79 Å². The summed E-state index contributed by atoms with van der Waals surface area (Å²) in [4.78, 5) is 12.0. The van der Waals surface area contributed by atoms with Gasteiger partial charge in [0.1, 0.15) is 0 Å². The van der Waals surface area contributed by atoms with E-state index in [1.807, 2.05) is 36.4 Å². The molecule has 7 nitrogen and oxygen atoms in total. The second kappa shape index (κ2) is 9.14. The van der Waals surface area contributed by atoms with Gasteiger partial charge in [-0.25, -0.2) is 0 Å². The second-order valence-corrected chi connectivity index (χ2v) is 6.08. The first-order valence-corrected chi connectivity index (χ1v) is 8.76. The van der Waals surface area contributed by atoms with Crippen LogP contribution >= 0.6 is 0 Å². The molecule has 1 heterocycles. The molecule has 0 bridgehead atoms. The molecule has 0 unspecified atom stereocenters. The van der Waals surface area contributed by atoms with Crippen molar-refractivity contribution in [2.45, 2.75) is 13.0 Å². The zero-order valence-corrected chi connectivity index (χ0v) is 15.5. The Balaban J connectivity index is 1.37. The van der Waals surface area contributed by atoms with Crippen molar-refractivity contribution in [3.05, 3.63) is 47.5 Å². The van der Waals surface area contributed by atoms with Crippen LogP contribution in [0.3, 0.4) is 0 Å². The first-order chi connectivity index (χ1) is 13.2. The second-order valence-electron chi connectivity index (χ2n) is 6.08. The molecule has 0 saturated heterocycles. The highest BCUT2D eigenvalue weighted by Crippen LogP contribution is 2.32. The fourth-order valence-electron chi connectivity index (χ4n) is 2.82. The van der Waals surface area contributed by atoms with Crippen LogP contribution in [0.25, 0.3) is 0 Å². The molecule has 0 spiro atoms. The van der Waals surface area contributed by atoms with Crippen molar-refractivity contribution < 1.29 is 23.7 Å². The van der Waals surface area contributed by atoms with Gasteiger partial charge in [0.05, 0.1) is 20.8 Å². The SMILES string of the molecule is COc1ccc(CCNC(=O)CNCc2ccc3c(c2)OCO3)cc1OC. The summed E-state index contributed by atoms with van der Waals surface area (Å²) in [5.74, 6) is 2.83. The molecule has 27 heavy (non-hydrogen) atoms. The predicted molar refractivity (Wildman–Crippen MR) is 101 cm³/mol. The summed E-state index contributed by atoms with van der Waals surface area (Å²) in [6, 6.07) is 11.5. The number of rotatable bonds is 9. The highest BCUT2D eigenvalue weighted by molar-refractivity contribution is 5.77. The molecule has 7 heteroatoms. The number of nitrogens with one attached hydrogen (secondary N) is 2. The molecule has 1 aliphatic heterocycles. The van der Waals surface area contributed by atoms with Gasteiger partial charge in [-0.15, -0.1) is 0 Å². The monoisotopic (exact) mass is 372 g/mol. The lowest BCUT2D eigenvalue weighted by atomic mass is 10.1. The number of ether oxygens (including phenoxy) is 4. The van der Waals surface area contributed by atoms with Crippen LogP contribution in [0.1, 0.15) is 11.1 Å². The van der Waals surface area contributed by atoms with Crippen LogP contribution in [0.2, 0.25) is 0 Å². The fraction of sp³-hybridized carbons (Fsp3) is 0.350. The molecule has 3 rings (SSSR count). The topological polar surface area (TPSA) is 78.1 Å². The van der Waals surface area contributed by atoms with Crippen molar-refractivity contribution in [2.75, 3.05) is 34.1 Å². The lowest BCUT2D eigenvalue weighted by molar-refractivity contribution is -0.120. The van der Waals surface area contributed by atoms with E-state index < -0.39 is 0 Å². The average Bonchev–Trinajstić information content (AvgIpc) is 3.15. The number of amides is 1. The maximum Gasteiger partial charge on any atom is 0.233 e. The Bertz CT molecular complexity index is 794. The fourth-order valence-corrected chi connectivity index (χ4v) is 2.82. The van der Waals surface area contributed by atoms with Crippen molar-refractivity contribution in [1.29, 1.82) is 0 Å². The molecule has 0 aliphatic carbocycles. The molecule has 2 aromatic carbocycles. The minimum absolute atomic E-state index is 0.0452. The quantitative estimate of drug-likeness (QED) is 0.700. The van der Waals surface area contributed by atoms with Crippen LogP contribution in [0.15, 0.2) is 36.4 Å². The Hall–Kier alpha value is -2.93. The van der Waals surface area contributed by atoms with Gasteiger partial charge in [-0.3, -0.25) is 4.79 Å². The lowest BCUT2D eigenvalue weighted by Crippen LogP contribution is -2.34. The lowest BCUT2D eigenvalue weighted by Gasteiger charge is -2.10. The summed E-state index contributed by atoms with van der Waals surface area (Å²) in [5, 5.41) is 6.04. The number of fused-ring (bicyclic) bond motifs is 1. The zero-order valence-electron chi connectivity index (χ0n) is 15.5. The summed E-state index contributed by atoms with van der Waals surface area (Å²) in [5.41, 5.74) is 2.11. The molecule has 2 aromatic rings. The third-order valence-corrected chi connectivity index (χ3v) is 4.24. The Morgan fingerprint density at radius 2 is 1.78 bits per heavy atom. The molecular formula is C20H24N2O5. The van der Waals surface area contributed by atoms with E-state index in [0.717, 1.165) is 22.6 Å². The Morgan fingerprint density at radius 3 is 2.59 bits per heavy atom. The number of hydrogen-bond donors (Lipinski definition) is 2. The van der Waals surface area contributed by atoms with E-state index in [1.165, 1.54) is 0 Å². The largest absolute Gasteiger partial charge is 0.493 e. The maximum absolute atomic E-state index is 12.0. The molecule has 0 saturated carbocycles. The van der Waals surface area contributed by atoms with Gasteiger partial charge in [0.25, 0.3) is 0 Å². The average molecular weight is 372 g/mol. The first kappa shape index (κ1) is 18.8. The number of benzene rings is 2. The highest BCUT2D eigenvalue weighted by Gasteiger charge is 2.13. The summed E-state index contributed by atoms with van der Waals surface area (Å²) in [6.45, 7) is 1.65. The summed E-state index contributed by atoms with van der Waals surface area (Å²) < 4.78 is 21.1. The van der Waals surface area contributed by atoms with E-state index in [1.54, 1.807) is 14.2 Å². The van der Waals surface area contributed by atoms with Crippen LogP contribution in [-0.2, 0) is 17.8 Å². The van der Waals surface area contributed by atoms with Crippen molar-refractivity contribution in [2.24, 2.45) is 0 Å².